The summed E-state index contributed by atoms with van der Waals surface area (Å²) < 4.78 is 15.8. The summed E-state index contributed by atoms with van der Waals surface area (Å²) in [7, 11) is 0. The number of aromatic nitrogens is 2. The zero-order valence-corrected chi connectivity index (χ0v) is 12.9. The molecule has 0 radical (unpaired) electrons. The van der Waals surface area contributed by atoms with Crippen molar-refractivity contribution >= 4 is 16.7 Å². The molecule has 0 spiro atoms. The van der Waals surface area contributed by atoms with Gasteiger partial charge < -0.3 is 14.4 Å². The molecule has 5 nitrogen and oxygen atoms in total. The van der Waals surface area contributed by atoms with Crippen molar-refractivity contribution in [1.29, 1.82) is 0 Å². The first-order valence-corrected chi connectivity index (χ1v) is 8.39. The molecule has 2 aliphatic heterocycles. The number of piperidine rings is 1. The van der Waals surface area contributed by atoms with Gasteiger partial charge >= 0.3 is 0 Å². The van der Waals surface area contributed by atoms with Crippen LogP contribution in [-0.4, -0.2) is 48.4 Å². The molecule has 1 aromatic heterocycles. The predicted octanol–water partition coefficient (Wildman–Crippen LogP) is 2.12. The second-order valence-corrected chi connectivity index (χ2v) is 6.33. The highest BCUT2D eigenvalue weighted by Gasteiger charge is 2.24. The Morgan fingerprint density at radius 3 is 2.85 bits per heavy atom. The Bertz CT molecular complexity index is 412. The van der Waals surface area contributed by atoms with E-state index in [0.29, 0.717) is 12.0 Å². The fourth-order valence-electron chi connectivity index (χ4n) is 2.72. The molecule has 2 fully saturated rings. The van der Waals surface area contributed by atoms with Gasteiger partial charge in [-0.25, -0.2) is 4.98 Å². The zero-order chi connectivity index (χ0) is 13.8. The summed E-state index contributed by atoms with van der Waals surface area (Å²) in [6, 6.07) is 0. The van der Waals surface area contributed by atoms with Crippen LogP contribution >= 0.6 is 11.5 Å². The average Bonchev–Trinajstić information content (AvgIpc) is 3.17. The number of rotatable bonds is 5. The Labute approximate surface area is 124 Å². The lowest BCUT2D eigenvalue weighted by Gasteiger charge is -2.31. The highest BCUT2D eigenvalue weighted by atomic mass is 32.1. The third-order valence-corrected chi connectivity index (χ3v) is 4.89. The van der Waals surface area contributed by atoms with Gasteiger partial charge in [0.1, 0.15) is 5.82 Å². The fourth-order valence-corrected chi connectivity index (χ4v) is 3.52. The van der Waals surface area contributed by atoms with Crippen molar-refractivity contribution in [2.45, 2.75) is 38.7 Å². The first-order chi connectivity index (χ1) is 9.85. The van der Waals surface area contributed by atoms with Crippen LogP contribution in [0.5, 0.6) is 0 Å². The van der Waals surface area contributed by atoms with E-state index in [-0.39, 0.29) is 0 Å². The topological polar surface area (TPSA) is 47.5 Å². The van der Waals surface area contributed by atoms with Crippen molar-refractivity contribution in [3.8, 4) is 0 Å². The molecule has 1 unspecified atom stereocenters. The van der Waals surface area contributed by atoms with Crippen molar-refractivity contribution in [2.75, 3.05) is 37.8 Å². The molecular weight excluding hydrogens is 274 g/mol. The first kappa shape index (κ1) is 14.2. The second-order valence-electron chi connectivity index (χ2n) is 5.60. The number of nitrogens with zero attached hydrogens (tertiary/aromatic N) is 3. The maximum Gasteiger partial charge on any atom is 0.205 e. The average molecular weight is 297 g/mol. The van der Waals surface area contributed by atoms with Crippen molar-refractivity contribution in [3.05, 3.63) is 5.82 Å². The Kier molecular flexibility index (Phi) is 4.86. The Morgan fingerprint density at radius 2 is 2.20 bits per heavy atom. The van der Waals surface area contributed by atoms with Gasteiger partial charge in [0.15, 0.2) is 0 Å². The number of anilines is 1. The van der Waals surface area contributed by atoms with E-state index in [0.717, 1.165) is 69.5 Å². The summed E-state index contributed by atoms with van der Waals surface area (Å²) in [5, 5.41) is 1.07. The third-order valence-electron chi connectivity index (χ3n) is 4.08. The van der Waals surface area contributed by atoms with Crippen LogP contribution < -0.4 is 4.90 Å². The SMILES string of the molecule is CCc1nsc(N2CCC(OCC3CCOC3)CC2)n1. The number of hydrogen-bond acceptors (Lipinski definition) is 6. The van der Waals surface area contributed by atoms with Crippen LogP contribution in [-0.2, 0) is 15.9 Å². The van der Waals surface area contributed by atoms with E-state index in [4.69, 9.17) is 9.47 Å². The van der Waals surface area contributed by atoms with Crippen LogP contribution in [0.2, 0.25) is 0 Å². The molecule has 0 aromatic carbocycles. The lowest BCUT2D eigenvalue weighted by atomic mass is 10.1. The summed E-state index contributed by atoms with van der Waals surface area (Å²) in [4.78, 5) is 6.91. The van der Waals surface area contributed by atoms with E-state index in [9.17, 15) is 0 Å². The van der Waals surface area contributed by atoms with Crippen molar-refractivity contribution in [2.24, 2.45) is 5.92 Å². The van der Waals surface area contributed by atoms with Gasteiger partial charge in [0.25, 0.3) is 0 Å². The van der Waals surface area contributed by atoms with Crippen molar-refractivity contribution in [3.63, 3.8) is 0 Å². The Morgan fingerprint density at radius 1 is 1.35 bits per heavy atom. The monoisotopic (exact) mass is 297 g/mol. The van der Waals surface area contributed by atoms with Crippen molar-refractivity contribution in [1.82, 2.24) is 9.36 Å². The van der Waals surface area contributed by atoms with E-state index in [2.05, 4.69) is 21.2 Å². The number of ether oxygens (including phenoxy) is 2. The Balaban J connectivity index is 1.42. The molecule has 1 atom stereocenters. The van der Waals surface area contributed by atoms with Gasteiger partial charge in [-0.05, 0) is 19.3 Å². The molecule has 2 saturated heterocycles. The smallest absolute Gasteiger partial charge is 0.205 e. The van der Waals surface area contributed by atoms with Gasteiger partial charge in [0, 0.05) is 43.6 Å². The highest BCUT2D eigenvalue weighted by Crippen LogP contribution is 2.24. The highest BCUT2D eigenvalue weighted by molar-refractivity contribution is 7.09. The minimum atomic E-state index is 0.408. The molecule has 2 aliphatic rings. The van der Waals surface area contributed by atoms with E-state index in [1.807, 2.05) is 0 Å². The quantitative estimate of drug-likeness (QED) is 0.833. The minimum absolute atomic E-state index is 0.408. The van der Waals surface area contributed by atoms with E-state index in [1.165, 1.54) is 11.5 Å². The normalized spacial score (nSPS) is 24.4. The first-order valence-electron chi connectivity index (χ1n) is 7.62. The molecule has 0 saturated carbocycles. The molecule has 3 rings (SSSR count). The van der Waals surface area contributed by atoms with Crippen molar-refractivity contribution < 1.29 is 9.47 Å². The summed E-state index contributed by atoms with van der Waals surface area (Å²) in [6.07, 6.45) is 4.66. The van der Waals surface area contributed by atoms with E-state index >= 15 is 0 Å². The molecule has 6 heteroatoms. The fraction of sp³-hybridized carbons (Fsp3) is 0.857. The summed E-state index contributed by atoms with van der Waals surface area (Å²) in [5.74, 6) is 1.58. The summed E-state index contributed by atoms with van der Waals surface area (Å²) >= 11 is 1.52. The van der Waals surface area contributed by atoms with Gasteiger partial charge in [-0.15, -0.1) is 0 Å². The summed E-state index contributed by atoms with van der Waals surface area (Å²) in [6.45, 7) is 6.81. The molecule has 0 N–H and O–H groups in total. The van der Waals surface area contributed by atoms with Gasteiger partial charge in [-0.3, -0.25) is 0 Å². The van der Waals surface area contributed by atoms with E-state index in [1.54, 1.807) is 0 Å². The van der Waals surface area contributed by atoms with Gasteiger partial charge in [-0.1, -0.05) is 6.92 Å². The van der Waals surface area contributed by atoms with Crippen LogP contribution in [0.4, 0.5) is 5.13 Å². The number of aryl methyl sites for hydroxylation is 1. The van der Waals surface area contributed by atoms with Crippen LogP contribution in [0.1, 0.15) is 32.0 Å². The molecule has 0 bridgehead atoms. The van der Waals surface area contributed by atoms with Crippen LogP contribution in [0.25, 0.3) is 0 Å². The third kappa shape index (κ3) is 3.48. The molecule has 0 amide bonds. The van der Waals surface area contributed by atoms with E-state index < -0.39 is 0 Å². The lowest BCUT2D eigenvalue weighted by molar-refractivity contribution is 0.0132. The van der Waals surface area contributed by atoms with Gasteiger partial charge in [0.2, 0.25) is 5.13 Å². The summed E-state index contributed by atoms with van der Waals surface area (Å²) in [5.41, 5.74) is 0. The molecule has 1 aromatic rings. The van der Waals surface area contributed by atoms with Gasteiger partial charge in [-0.2, -0.15) is 4.37 Å². The lowest BCUT2D eigenvalue weighted by Crippen LogP contribution is -2.37. The minimum Gasteiger partial charge on any atom is -0.381 e. The second kappa shape index (κ2) is 6.83. The maximum absolute atomic E-state index is 6.04. The molecule has 0 aliphatic carbocycles. The van der Waals surface area contributed by atoms with Crippen LogP contribution in [0.15, 0.2) is 0 Å². The van der Waals surface area contributed by atoms with Crippen LogP contribution in [0, 0.1) is 5.92 Å². The Hall–Kier alpha value is -0.720. The molecule has 20 heavy (non-hydrogen) atoms. The predicted molar refractivity (Wildman–Crippen MR) is 79.4 cm³/mol. The number of hydrogen-bond donors (Lipinski definition) is 0. The largest absolute Gasteiger partial charge is 0.381 e. The van der Waals surface area contributed by atoms with Gasteiger partial charge in [0.05, 0.1) is 19.3 Å². The molecule has 3 heterocycles. The molecular formula is C14H23N3O2S. The maximum atomic E-state index is 6.04. The standard InChI is InChI=1S/C14H23N3O2S/c1-2-13-15-14(20-16-13)17-6-3-12(4-7-17)19-10-11-5-8-18-9-11/h11-12H,2-10H2,1H3. The van der Waals surface area contributed by atoms with Crippen LogP contribution in [0.3, 0.4) is 0 Å². The molecule has 112 valence electrons. The zero-order valence-electron chi connectivity index (χ0n) is 12.1.